The molecular weight excluding hydrogens is 330 g/mol. The van der Waals surface area contributed by atoms with Crippen LogP contribution in [-0.2, 0) is 14.3 Å². The Morgan fingerprint density at radius 3 is 2.08 bits per heavy atom. The fourth-order valence-electron chi connectivity index (χ4n) is 3.50. The summed E-state index contributed by atoms with van der Waals surface area (Å²) in [5, 5.41) is 9.95. The zero-order valence-corrected chi connectivity index (χ0v) is 14.7. The lowest BCUT2D eigenvalue weighted by molar-refractivity contribution is -0.157. The largest absolute Gasteiger partial charge is 0.467 e. The quantitative estimate of drug-likeness (QED) is 0.857. The third-order valence-electron chi connectivity index (χ3n) is 4.84. The summed E-state index contributed by atoms with van der Waals surface area (Å²) in [6, 6.07) is 18.3. The number of rotatable bonds is 4. The normalized spacial score (nSPS) is 20.0. The number of benzene rings is 2. The second-order valence-electron chi connectivity index (χ2n) is 6.50. The highest BCUT2D eigenvalue weighted by molar-refractivity contribution is 5.91. The van der Waals surface area contributed by atoms with E-state index < -0.39 is 24.0 Å². The molecule has 1 amide bonds. The molecule has 0 unspecified atom stereocenters. The van der Waals surface area contributed by atoms with Gasteiger partial charge in [0.25, 0.3) is 0 Å². The van der Waals surface area contributed by atoms with Gasteiger partial charge >= 0.3 is 5.97 Å². The van der Waals surface area contributed by atoms with Crippen molar-refractivity contribution in [2.75, 3.05) is 13.7 Å². The number of hydrogen-bond acceptors (Lipinski definition) is 4. The molecule has 0 aliphatic carbocycles. The summed E-state index contributed by atoms with van der Waals surface area (Å²) >= 11 is 0. The number of carbonyl (C=O) groups is 2. The van der Waals surface area contributed by atoms with Crippen molar-refractivity contribution in [2.24, 2.45) is 0 Å². The molecule has 0 saturated carbocycles. The van der Waals surface area contributed by atoms with Crippen LogP contribution in [0.1, 0.15) is 29.9 Å². The highest BCUT2D eigenvalue weighted by Crippen LogP contribution is 2.30. The van der Waals surface area contributed by atoms with Gasteiger partial charge in [-0.05, 0) is 17.5 Å². The van der Waals surface area contributed by atoms with Crippen LogP contribution in [0.25, 0.3) is 0 Å². The molecule has 0 radical (unpaired) electrons. The van der Waals surface area contributed by atoms with Crippen LogP contribution >= 0.6 is 0 Å². The summed E-state index contributed by atoms with van der Waals surface area (Å²) in [4.78, 5) is 27.2. The lowest BCUT2D eigenvalue weighted by Gasteiger charge is -2.38. The first-order valence-corrected chi connectivity index (χ1v) is 8.78. The first kappa shape index (κ1) is 18.1. The molecule has 3 rings (SSSR count). The number of aliphatic hydroxyl groups is 1. The first-order valence-electron chi connectivity index (χ1n) is 8.78. The molecule has 26 heavy (non-hydrogen) atoms. The van der Waals surface area contributed by atoms with Crippen LogP contribution in [0.2, 0.25) is 0 Å². The van der Waals surface area contributed by atoms with Crippen LogP contribution in [0.15, 0.2) is 60.7 Å². The van der Waals surface area contributed by atoms with E-state index in [-0.39, 0.29) is 12.3 Å². The van der Waals surface area contributed by atoms with E-state index in [0.717, 1.165) is 11.1 Å². The van der Waals surface area contributed by atoms with Crippen molar-refractivity contribution in [3.05, 3.63) is 71.8 Å². The zero-order chi connectivity index (χ0) is 18.5. The third kappa shape index (κ3) is 3.78. The Morgan fingerprint density at radius 2 is 1.58 bits per heavy atom. The molecule has 0 bridgehead atoms. The van der Waals surface area contributed by atoms with Gasteiger partial charge in [-0.2, -0.15) is 0 Å². The SMILES string of the molecule is COC(=O)[C@@H]1C[C@H](O)CCN1C(=O)C(c1ccccc1)c1ccccc1. The van der Waals surface area contributed by atoms with E-state index in [0.29, 0.717) is 13.0 Å². The average molecular weight is 353 g/mol. The maximum absolute atomic E-state index is 13.5. The molecule has 2 aromatic carbocycles. The predicted molar refractivity (Wildman–Crippen MR) is 97.5 cm³/mol. The molecule has 136 valence electrons. The van der Waals surface area contributed by atoms with Gasteiger partial charge in [-0.3, -0.25) is 4.79 Å². The van der Waals surface area contributed by atoms with Gasteiger partial charge in [0.2, 0.25) is 5.91 Å². The van der Waals surface area contributed by atoms with Crippen molar-refractivity contribution in [1.29, 1.82) is 0 Å². The summed E-state index contributed by atoms with van der Waals surface area (Å²) in [5.41, 5.74) is 1.75. The van der Waals surface area contributed by atoms with Crippen LogP contribution in [0.5, 0.6) is 0 Å². The van der Waals surface area contributed by atoms with Crippen molar-refractivity contribution in [3.8, 4) is 0 Å². The van der Waals surface area contributed by atoms with Crippen LogP contribution in [-0.4, -0.2) is 47.7 Å². The molecule has 1 N–H and O–H groups in total. The first-order chi connectivity index (χ1) is 12.6. The Balaban J connectivity index is 1.98. The van der Waals surface area contributed by atoms with Crippen LogP contribution < -0.4 is 0 Å². The van der Waals surface area contributed by atoms with Crippen LogP contribution in [0, 0.1) is 0 Å². The molecule has 5 nitrogen and oxygen atoms in total. The van der Waals surface area contributed by atoms with Crippen molar-refractivity contribution in [3.63, 3.8) is 0 Å². The Kier molecular flexibility index (Phi) is 5.68. The molecule has 1 aliphatic heterocycles. The number of nitrogens with zero attached hydrogens (tertiary/aromatic N) is 1. The highest BCUT2D eigenvalue weighted by atomic mass is 16.5. The summed E-state index contributed by atoms with van der Waals surface area (Å²) in [5.74, 6) is -1.14. The minimum absolute atomic E-state index is 0.148. The minimum atomic E-state index is -0.758. The fraction of sp³-hybridized carbons (Fsp3) is 0.333. The zero-order valence-electron chi connectivity index (χ0n) is 14.7. The number of hydrogen-bond donors (Lipinski definition) is 1. The number of esters is 1. The van der Waals surface area contributed by atoms with Gasteiger partial charge in [-0.1, -0.05) is 60.7 Å². The lowest BCUT2D eigenvalue weighted by Crippen LogP contribution is -2.53. The Hall–Kier alpha value is -2.66. The van der Waals surface area contributed by atoms with E-state index in [1.807, 2.05) is 60.7 Å². The Labute approximate surface area is 153 Å². The topological polar surface area (TPSA) is 66.8 Å². The maximum atomic E-state index is 13.5. The van der Waals surface area contributed by atoms with Gasteiger partial charge in [-0.25, -0.2) is 4.79 Å². The number of piperidine rings is 1. The molecular formula is C21H23NO4. The van der Waals surface area contributed by atoms with Crippen molar-refractivity contribution in [1.82, 2.24) is 4.90 Å². The molecule has 5 heteroatoms. The molecule has 0 aromatic heterocycles. The minimum Gasteiger partial charge on any atom is -0.467 e. The molecule has 1 saturated heterocycles. The molecule has 2 aromatic rings. The Morgan fingerprint density at radius 1 is 1.04 bits per heavy atom. The van der Waals surface area contributed by atoms with Crippen molar-refractivity contribution in [2.45, 2.75) is 30.9 Å². The van der Waals surface area contributed by atoms with Crippen molar-refractivity contribution >= 4 is 11.9 Å². The Bertz CT molecular complexity index is 708. The lowest BCUT2D eigenvalue weighted by atomic mass is 9.88. The van der Waals surface area contributed by atoms with Gasteiger partial charge in [0.15, 0.2) is 0 Å². The van der Waals surface area contributed by atoms with Gasteiger partial charge in [0.1, 0.15) is 6.04 Å². The van der Waals surface area contributed by atoms with E-state index in [9.17, 15) is 14.7 Å². The molecule has 1 fully saturated rings. The van der Waals surface area contributed by atoms with E-state index in [2.05, 4.69) is 0 Å². The number of amides is 1. The van der Waals surface area contributed by atoms with E-state index in [4.69, 9.17) is 4.74 Å². The van der Waals surface area contributed by atoms with Gasteiger partial charge in [0, 0.05) is 13.0 Å². The van der Waals surface area contributed by atoms with Gasteiger partial charge in [0.05, 0.1) is 19.1 Å². The standard InChI is InChI=1S/C21H23NO4/c1-26-21(25)18-14-17(23)12-13-22(18)20(24)19(15-8-4-2-5-9-15)16-10-6-3-7-11-16/h2-11,17-19,23H,12-14H2,1H3/t17-,18+/m1/s1. The van der Waals surface area contributed by atoms with E-state index in [1.165, 1.54) is 7.11 Å². The second-order valence-corrected chi connectivity index (χ2v) is 6.50. The van der Waals surface area contributed by atoms with E-state index >= 15 is 0 Å². The van der Waals surface area contributed by atoms with E-state index in [1.54, 1.807) is 4.90 Å². The summed E-state index contributed by atoms with van der Waals surface area (Å²) in [7, 11) is 1.30. The maximum Gasteiger partial charge on any atom is 0.328 e. The van der Waals surface area contributed by atoms with Crippen LogP contribution in [0.3, 0.4) is 0 Å². The molecule has 2 atom stereocenters. The molecule has 1 aliphatic rings. The third-order valence-corrected chi connectivity index (χ3v) is 4.84. The monoisotopic (exact) mass is 353 g/mol. The number of carbonyl (C=O) groups excluding carboxylic acids is 2. The summed E-state index contributed by atoms with van der Waals surface area (Å²) in [6.45, 7) is 0.329. The number of likely N-dealkylation sites (tertiary alicyclic amines) is 1. The fourth-order valence-corrected chi connectivity index (χ4v) is 3.50. The van der Waals surface area contributed by atoms with Crippen molar-refractivity contribution < 1.29 is 19.4 Å². The number of methoxy groups -OCH3 is 1. The molecule has 1 heterocycles. The number of ether oxygens (including phenoxy) is 1. The number of aliphatic hydroxyl groups excluding tert-OH is 1. The molecule has 0 spiro atoms. The van der Waals surface area contributed by atoms with Gasteiger partial charge < -0.3 is 14.7 Å². The van der Waals surface area contributed by atoms with Crippen LogP contribution in [0.4, 0.5) is 0 Å². The predicted octanol–water partition coefficient (Wildman–Crippen LogP) is 2.34. The summed E-state index contributed by atoms with van der Waals surface area (Å²) < 4.78 is 4.87. The van der Waals surface area contributed by atoms with Gasteiger partial charge in [-0.15, -0.1) is 0 Å². The average Bonchev–Trinajstić information content (AvgIpc) is 2.69. The second kappa shape index (κ2) is 8.15. The smallest absolute Gasteiger partial charge is 0.328 e. The highest BCUT2D eigenvalue weighted by Gasteiger charge is 2.39. The summed E-state index contributed by atoms with van der Waals surface area (Å²) in [6.07, 6.45) is 0.0552.